The fourth-order valence-electron chi connectivity index (χ4n) is 9.98. The quantitative estimate of drug-likeness (QED) is 0.164. The van der Waals surface area contributed by atoms with Gasteiger partial charge in [0.05, 0.1) is 41.6 Å². The van der Waals surface area contributed by atoms with Crippen LogP contribution in [0, 0.1) is 28.6 Å². The fraction of sp³-hybridized carbons (Fsp3) is 0.592. The van der Waals surface area contributed by atoms with Gasteiger partial charge in [-0.25, -0.2) is 10.4 Å². The van der Waals surface area contributed by atoms with E-state index in [2.05, 4.69) is 74.2 Å². The van der Waals surface area contributed by atoms with Crippen LogP contribution in [0.1, 0.15) is 110 Å². The average Bonchev–Trinajstić information content (AvgIpc) is 3.57. The van der Waals surface area contributed by atoms with Gasteiger partial charge in [0.25, 0.3) is 5.91 Å². The molecular weight excluding hydrogens is 831 g/mol. The highest BCUT2D eigenvalue weighted by Crippen LogP contribution is 2.49. The van der Waals surface area contributed by atoms with Gasteiger partial charge in [0, 0.05) is 78.9 Å². The van der Waals surface area contributed by atoms with E-state index in [0.29, 0.717) is 56.1 Å². The van der Waals surface area contributed by atoms with Gasteiger partial charge < -0.3 is 29.0 Å². The summed E-state index contributed by atoms with van der Waals surface area (Å²) in [4.78, 5) is 68.8. The SMILES string of the molecule is CCO[C@@H]1c2nc(cs2)-c2ccc3c(c2)c(c(-c2cccnc2[C@H](C)OC)n3CC)CC(C)(C)COC(=O)[C@@H]2CCCN(N2)C(=O)C1NC(=O)[C@@H]1[C@@H](C)[C@H]1C(=O)N1CCC(C)(C)CC1. The van der Waals surface area contributed by atoms with Gasteiger partial charge in [-0.15, -0.1) is 11.3 Å². The molecular formula is C49H65N7O7S. The summed E-state index contributed by atoms with van der Waals surface area (Å²) in [7, 11) is 1.69. The molecule has 6 heterocycles. The summed E-state index contributed by atoms with van der Waals surface area (Å²) >= 11 is 1.37. The number of carbonyl (C=O) groups is 4. The number of hydrazine groups is 1. The average molecular weight is 896 g/mol. The molecule has 3 aliphatic heterocycles. The van der Waals surface area contributed by atoms with Gasteiger partial charge in [-0.3, -0.25) is 29.2 Å². The van der Waals surface area contributed by atoms with Crippen LogP contribution in [0.2, 0.25) is 0 Å². The van der Waals surface area contributed by atoms with Gasteiger partial charge in [-0.05, 0) is 94.0 Å². The van der Waals surface area contributed by atoms with Crippen molar-refractivity contribution in [2.75, 3.05) is 40.0 Å². The summed E-state index contributed by atoms with van der Waals surface area (Å²) in [6.45, 7) is 19.3. The van der Waals surface area contributed by atoms with Crippen molar-refractivity contribution in [1.29, 1.82) is 0 Å². The molecule has 1 aromatic carbocycles. The summed E-state index contributed by atoms with van der Waals surface area (Å²) in [5.74, 6) is -2.49. The molecule has 0 spiro atoms. The van der Waals surface area contributed by atoms with Crippen LogP contribution >= 0.6 is 11.3 Å². The molecule has 4 aromatic rings. The molecule has 3 aromatic heterocycles. The summed E-state index contributed by atoms with van der Waals surface area (Å²) in [5, 5.41) is 8.05. The lowest BCUT2D eigenvalue weighted by Gasteiger charge is -2.37. The van der Waals surface area contributed by atoms with Gasteiger partial charge in [0.1, 0.15) is 23.2 Å². The number of thiazole rings is 1. The second-order valence-electron chi connectivity index (χ2n) is 19.7. The normalized spacial score (nSPS) is 26.3. The number of carbonyl (C=O) groups excluding carboxylic acids is 4. The maximum Gasteiger partial charge on any atom is 0.324 e. The number of aromatic nitrogens is 3. The Morgan fingerprint density at radius 1 is 1.06 bits per heavy atom. The Labute approximate surface area is 380 Å². The fourth-order valence-corrected chi connectivity index (χ4v) is 10.9. The first-order chi connectivity index (χ1) is 30.6. The van der Waals surface area contributed by atoms with Crippen molar-refractivity contribution in [3.63, 3.8) is 0 Å². The van der Waals surface area contributed by atoms with Crippen LogP contribution in [0.3, 0.4) is 0 Å². The van der Waals surface area contributed by atoms with Crippen molar-refractivity contribution in [1.82, 2.24) is 35.2 Å². The number of benzene rings is 1. The first-order valence-electron chi connectivity index (χ1n) is 23.1. The number of hydrogen-bond acceptors (Lipinski definition) is 11. The molecule has 15 heteroatoms. The number of amides is 3. The first kappa shape index (κ1) is 45.9. The van der Waals surface area contributed by atoms with E-state index < -0.39 is 47.3 Å². The number of nitrogens with one attached hydrogen (secondary N) is 2. The maximum absolute atomic E-state index is 14.9. The zero-order valence-electron chi connectivity index (χ0n) is 38.9. The van der Waals surface area contributed by atoms with E-state index in [9.17, 15) is 19.2 Å². The molecule has 0 radical (unpaired) electrons. The number of likely N-dealkylation sites (tertiary alicyclic amines) is 1. The maximum atomic E-state index is 14.9. The van der Waals surface area contributed by atoms with Crippen molar-refractivity contribution in [3.8, 4) is 22.5 Å². The van der Waals surface area contributed by atoms with Crippen molar-refractivity contribution in [3.05, 3.63) is 58.2 Å². The Morgan fingerprint density at radius 3 is 2.55 bits per heavy atom. The number of piperidine rings is 1. The lowest BCUT2D eigenvalue weighted by atomic mass is 9.82. The number of aryl methyl sites for hydroxylation is 1. The topological polar surface area (TPSA) is 157 Å². The van der Waals surface area contributed by atoms with Crippen molar-refractivity contribution < 1.29 is 33.4 Å². The lowest BCUT2D eigenvalue weighted by Crippen LogP contribution is -2.61. The molecule has 3 fully saturated rings. The van der Waals surface area contributed by atoms with Crippen LogP contribution in [0.25, 0.3) is 33.4 Å². The van der Waals surface area contributed by atoms with E-state index in [1.807, 2.05) is 37.1 Å². The van der Waals surface area contributed by atoms with Gasteiger partial charge >= 0.3 is 5.97 Å². The molecule has 344 valence electrons. The van der Waals surface area contributed by atoms with E-state index >= 15 is 0 Å². The zero-order chi connectivity index (χ0) is 45.7. The van der Waals surface area contributed by atoms with Crippen LogP contribution in [0.4, 0.5) is 0 Å². The van der Waals surface area contributed by atoms with Gasteiger partial charge in [-0.2, -0.15) is 0 Å². The largest absolute Gasteiger partial charge is 0.464 e. The predicted molar refractivity (Wildman–Crippen MR) is 246 cm³/mol. The minimum absolute atomic E-state index is 0.000672. The number of esters is 1. The molecule has 1 saturated carbocycles. The smallest absolute Gasteiger partial charge is 0.324 e. The monoisotopic (exact) mass is 895 g/mol. The molecule has 8 rings (SSSR count). The molecule has 4 aliphatic rings. The molecule has 7 atom stereocenters. The zero-order valence-corrected chi connectivity index (χ0v) is 39.7. The van der Waals surface area contributed by atoms with Crippen molar-refractivity contribution in [2.24, 2.45) is 28.6 Å². The molecule has 2 N–H and O–H groups in total. The summed E-state index contributed by atoms with van der Waals surface area (Å²) < 4.78 is 20.7. The third-order valence-electron chi connectivity index (χ3n) is 14.0. The molecule has 3 amide bonds. The number of fused-ring (bicyclic) bond motifs is 6. The molecule has 64 heavy (non-hydrogen) atoms. The highest BCUT2D eigenvalue weighted by atomic mass is 32.1. The Kier molecular flexibility index (Phi) is 13.1. The number of hydrogen-bond donors (Lipinski definition) is 2. The molecule has 2 saturated heterocycles. The van der Waals surface area contributed by atoms with Crippen LogP contribution in [-0.4, -0.2) is 100 Å². The second-order valence-corrected chi connectivity index (χ2v) is 20.6. The Bertz CT molecular complexity index is 2400. The number of pyridine rings is 1. The van der Waals surface area contributed by atoms with Gasteiger partial charge in [-0.1, -0.05) is 40.7 Å². The summed E-state index contributed by atoms with van der Waals surface area (Å²) in [6.07, 6.45) is 4.00. The van der Waals surface area contributed by atoms with Gasteiger partial charge in [0.15, 0.2) is 0 Å². The molecule has 14 nitrogen and oxygen atoms in total. The highest BCUT2D eigenvalue weighted by molar-refractivity contribution is 7.10. The second kappa shape index (κ2) is 18.3. The number of methoxy groups -OCH3 is 1. The highest BCUT2D eigenvalue weighted by Gasteiger charge is 2.58. The van der Waals surface area contributed by atoms with Crippen LogP contribution < -0.4 is 10.7 Å². The lowest BCUT2D eigenvalue weighted by molar-refractivity contribution is -0.156. The van der Waals surface area contributed by atoms with E-state index in [4.69, 9.17) is 24.2 Å². The third-order valence-corrected chi connectivity index (χ3v) is 14.9. The number of nitrogens with zero attached hydrogens (tertiary/aromatic N) is 5. The molecule has 6 bridgehead atoms. The van der Waals surface area contributed by atoms with Crippen molar-refractivity contribution >= 4 is 45.9 Å². The van der Waals surface area contributed by atoms with Crippen LogP contribution in [-0.2, 0) is 46.4 Å². The Hall–Kier alpha value is -4.70. The Morgan fingerprint density at radius 2 is 1.83 bits per heavy atom. The molecule has 1 unspecified atom stereocenters. The Balaban J connectivity index is 1.20. The van der Waals surface area contributed by atoms with E-state index in [1.54, 1.807) is 13.3 Å². The first-order valence-corrected chi connectivity index (χ1v) is 24.0. The minimum atomic E-state index is -1.20. The third kappa shape index (κ3) is 8.97. The van der Waals surface area contributed by atoms with E-state index in [1.165, 1.54) is 16.3 Å². The van der Waals surface area contributed by atoms with Gasteiger partial charge in [0.2, 0.25) is 11.8 Å². The van der Waals surface area contributed by atoms with E-state index in [-0.39, 0.29) is 42.5 Å². The standard InChI is InChI=1S/C49H65N7O7S/c1-10-55-36-17-16-30-24-32(36)33(41(55)31-14-12-20-50-39(31)29(4)61-9)25-49(7,8)27-63-47(60)34-15-13-21-56(53-34)46(59)40(42(62-11-2)44-51-35(30)26-64-44)52-43(57)37-28(3)38(37)45(58)54-22-18-48(5,6)19-23-54/h12,14,16-17,20,24,26,28-29,34,37-38,40,42,53H,10-11,13,15,18-19,21-23,25,27H2,1-9H3,(H,52,57)/t28-,29+,34+,37-,38-,40?,42+/m1/s1. The predicted octanol–water partition coefficient (Wildman–Crippen LogP) is 7.27. The molecule has 1 aliphatic carbocycles. The van der Waals surface area contributed by atoms with E-state index in [0.717, 1.165) is 51.8 Å². The number of rotatable bonds is 9. The summed E-state index contributed by atoms with van der Waals surface area (Å²) in [6, 6.07) is 8.45. The van der Waals surface area contributed by atoms with Crippen molar-refractivity contribution in [2.45, 2.75) is 118 Å². The van der Waals surface area contributed by atoms with Crippen LogP contribution in [0.5, 0.6) is 0 Å². The summed E-state index contributed by atoms with van der Waals surface area (Å²) in [5.41, 5.74) is 9.46. The number of ether oxygens (including phenoxy) is 3. The van der Waals surface area contributed by atoms with Crippen LogP contribution in [0.15, 0.2) is 41.9 Å². The number of cyclic esters (lactones) is 1. The minimum Gasteiger partial charge on any atom is -0.464 e.